The number of aldehydes is 1. The fourth-order valence-corrected chi connectivity index (χ4v) is 1.49. The Morgan fingerprint density at radius 1 is 1.47 bits per heavy atom. The van der Waals surface area contributed by atoms with E-state index in [1.807, 2.05) is 6.92 Å². The summed E-state index contributed by atoms with van der Waals surface area (Å²) in [6, 6.07) is 4.87. The van der Waals surface area contributed by atoms with Crippen LogP contribution in [0.25, 0.3) is 0 Å². The van der Waals surface area contributed by atoms with Crippen LogP contribution in [0.5, 0.6) is 11.5 Å². The van der Waals surface area contributed by atoms with Gasteiger partial charge in [0.1, 0.15) is 11.5 Å². The van der Waals surface area contributed by atoms with Gasteiger partial charge >= 0.3 is 0 Å². The van der Waals surface area contributed by atoms with Gasteiger partial charge in [-0.3, -0.25) is 9.59 Å². The first-order valence-corrected chi connectivity index (χ1v) is 6.20. The number of nitrogens with one attached hydrogen (secondary N) is 1. The van der Waals surface area contributed by atoms with E-state index in [-0.39, 0.29) is 5.91 Å². The highest BCUT2D eigenvalue weighted by atomic mass is 16.5. The molecule has 1 aromatic carbocycles. The Morgan fingerprint density at radius 2 is 2.21 bits per heavy atom. The highest BCUT2D eigenvalue weighted by molar-refractivity contribution is 5.82. The molecule has 0 spiro atoms. The summed E-state index contributed by atoms with van der Waals surface area (Å²) >= 11 is 0. The molecule has 0 bridgehead atoms. The zero-order chi connectivity index (χ0) is 14.3. The molecule has 1 unspecified atom stereocenters. The second kappa shape index (κ2) is 7.41. The molecule has 0 aromatic heterocycles. The van der Waals surface area contributed by atoms with Crippen molar-refractivity contribution >= 4 is 12.2 Å². The quantitative estimate of drug-likeness (QED) is 0.763. The van der Waals surface area contributed by atoms with Crippen LogP contribution in [0, 0.1) is 0 Å². The third-order valence-corrected chi connectivity index (χ3v) is 2.57. The van der Waals surface area contributed by atoms with E-state index in [0.717, 1.165) is 6.42 Å². The molecule has 1 atom stereocenters. The van der Waals surface area contributed by atoms with Gasteiger partial charge in [0.2, 0.25) is 0 Å². The second-order valence-corrected chi connectivity index (χ2v) is 4.07. The van der Waals surface area contributed by atoms with Gasteiger partial charge in [0.05, 0.1) is 12.7 Å². The molecule has 0 aliphatic carbocycles. The van der Waals surface area contributed by atoms with Crippen LogP contribution in [0.2, 0.25) is 0 Å². The van der Waals surface area contributed by atoms with Crippen LogP contribution in [0.15, 0.2) is 18.2 Å². The molecule has 5 heteroatoms. The van der Waals surface area contributed by atoms with Gasteiger partial charge in [-0.1, -0.05) is 6.92 Å². The van der Waals surface area contributed by atoms with E-state index in [4.69, 9.17) is 9.47 Å². The van der Waals surface area contributed by atoms with Crippen LogP contribution in [-0.2, 0) is 4.79 Å². The standard InChI is InChI=1S/C14H19NO4/c1-4-7-15-14(17)10(2)19-13-6-5-12(18-3)8-11(13)9-16/h5-6,8-10H,4,7H2,1-3H3,(H,15,17). The number of rotatable bonds is 7. The van der Waals surface area contributed by atoms with Gasteiger partial charge in [-0.2, -0.15) is 0 Å². The Labute approximate surface area is 112 Å². The summed E-state index contributed by atoms with van der Waals surface area (Å²) in [6.07, 6.45) is 0.883. The van der Waals surface area contributed by atoms with Crippen LogP contribution in [0.1, 0.15) is 30.6 Å². The Bertz CT molecular complexity index is 445. The maximum absolute atomic E-state index is 11.7. The predicted octanol–water partition coefficient (Wildman–Crippen LogP) is 1.80. The third-order valence-electron chi connectivity index (χ3n) is 2.57. The van der Waals surface area contributed by atoms with Gasteiger partial charge < -0.3 is 14.8 Å². The van der Waals surface area contributed by atoms with Crippen molar-refractivity contribution in [1.82, 2.24) is 5.32 Å². The number of hydrogen-bond donors (Lipinski definition) is 1. The average molecular weight is 265 g/mol. The number of amides is 1. The maximum Gasteiger partial charge on any atom is 0.260 e. The SMILES string of the molecule is CCCNC(=O)C(C)Oc1ccc(OC)cc1C=O. The molecule has 0 saturated carbocycles. The van der Waals surface area contributed by atoms with Crippen LogP contribution in [0.4, 0.5) is 0 Å². The smallest absolute Gasteiger partial charge is 0.260 e. The lowest BCUT2D eigenvalue weighted by Gasteiger charge is -2.16. The first kappa shape index (κ1) is 15.0. The first-order valence-electron chi connectivity index (χ1n) is 6.20. The molecule has 1 amide bonds. The van der Waals surface area contributed by atoms with E-state index in [9.17, 15) is 9.59 Å². The van der Waals surface area contributed by atoms with Gasteiger partial charge in [-0.25, -0.2) is 0 Å². The fraction of sp³-hybridized carbons (Fsp3) is 0.429. The number of methoxy groups -OCH3 is 1. The van der Waals surface area contributed by atoms with E-state index < -0.39 is 6.10 Å². The lowest BCUT2D eigenvalue weighted by atomic mass is 10.2. The minimum Gasteiger partial charge on any atom is -0.497 e. The van der Waals surface area contributed by atoms with Gasteiger partial charge in [0.15, 0.2) is 12.4 Å². The van der Waals surface area contributed by atoms with E-state index in [0.29, 0.717) is 29.9 Å². The van der Waals surface area contributed by atoms with E-state index in [1.165, 1.54) is 7.11 Å². The van der Waals surface area contributed by atoms with Gasteiger partial charge in [0.25, 0.3) is 5.91 Å². The van der Waals surface area contributed by atoms with Crippen LogP contribution < -0.4 is 14.8 Å². The van der Waals surface area contributed by atoms with Gasteiger partial charge in [0, 0.05) is 6.54 Å². The molecule has 1 rings (SSSR count). The maximum atomic E-state index is 11.7. The van der Waals surface area contributed by atoms with Gasteiger partial charge in [-0.05, 0) is 31.5 Å². The molecular formula is C14H19NO4. The molecule has 0 heterocycles. The van der Waals surface area contributed by atoms with Crippen molar-refractivity contribution in [3.8, 4) is 11.5 Å². The van der Waals surface area contributed by atoms with E-state index in [1.54, 1.807) is 25.1 Å². The Morgan fingerprint density at radius 3 is 2.79 bits per heavy atom. The molecule has 0 aliphatic rings. The van der Waals surface area contributed by atoms with Crippen molar-refractivity contribution < 1.29 is 19.1 Å². The highest BCUT2D eigenvalue weighted by Crippen LogP contribution is 2.23. The van der Waals surface area contributed by atoms with E-state index in [2.05, 4.69) is 5.32 Å². The number of benzene rings is 1. The topological polar surface area (TPSA) is 64.6 Å². The van der Waals surface area contributed by atoms with Crippen LogP contribution in [0.3, 0.4) is 0 Å². The molecule has 0 radical (unpaired) electrons. The zero-order valence-electron chi connectivity index (χ0n) is 11.4. The summed E-state index contributed by atoms with van der Waals surface area (Å²) in [5.41, 5.74) is 0.356. The summed E-state index contributed by atoms with van der Waals surface area (Å²) in [4.78, 5) is 22.7. The van der Waals surface area contributed by atoms with Crippen LogP contribution >= 0.6 is 0 Å². The molecule has 5 nitrogen and oxygen atoms in total. The molecular weight excluding hydrogens is 246 g/mol. The zero-order valence-corrected chi connectivity index (χ0v) is 11.4. The third kappa shape index (κ3) is 4.28. The minimum atomic E-state index is -0.654. The summed E-state index contributed by atoms with van der Waals surface area (Å²) in [5, 5.41) is 2.74. The monoisotopic (exact) mass is 265 g/mol. The predicted molar refractivity (Wildman–Crippen MR) is 71.8 cm³/mol. The first-order chi connectivity index (χ1) is 9.12. The van der Waals surface area contributed by atoms with Crippen molar-refractivity contribution in [3.05, 3.63) is 23.8 Å². The molecule has 0 aliphatic heterocycles. The number of ether oxygens (including phenoxy) is 2. The van der Waals surface area contributed by atoms with Crippen molar-refractivity contribution in [2.45, 2.75) is 26.4 Å². The Hall–Kier alpha value is -2.04. The normalized spacial score (nSPS) is 11.5. The minimum absolute atomic E-state index is 0.200. The Kier molecular flexibility index (Phi) is 5.85. The molecule has 19 heavy (non-hydrogen) atoms. The number of carbonyl (C=O) groups excluding carboxylic acids is 2. The lowest BCUT2D eigenvalue weighted by Crippen LogP contribution is -2.36. The summed E-state index contributed by atoms with van der Waals surface area (Å²) in [6.45, 7) is 4.22. The molecule has 1 N–H and O–H groups in total. The van der Waals surface area contributed by atoms with Crippen molar-refractivity contribution in [3.63, 3.8) is 0 Å². The highest BCUT2D eigenvalue weighted by Gasteiger charge is 2.16. The van der Waals surface area contributed by atoms with Gasteiger partial charge in [-0.15, -0.1) is 0 Å². The fourth-order valence-electron chi connectivity index (χ4n) is 1.49. The lowest BCUT2D eigenvalue weighted by molar-refractivity contribution is -0.127. The van der Waals surface area contributed by atoms with Crippen molar-refractivity contribution in [1.29, 1.82) is 0 Å². The molecule has 0 saturated heterocycles. The number of carbonyl (C=O) groups is 2. The largest absolute Gasteiger partial charge is 0.497 e. The summed E-state index contributed by atoms with van der Waals surface area (Å²) in [5.74, 6) is 0.738. The summed E-state index contributed by atoms with van der Waals surface area (Å²) < 4.78 is 10.5. The average Bonchev–Trinajstić information content (AvgIpc) is 2.44. The number of hydrogen-bond acceptors (Lipinski definition) is 4. The molecule has 0 fully saturated rings. The summed E-state index contributed by atoms with van der Waals surface area (Å²) in [7, 11) is 1.52. The molecule has 104 valence electrons. The van der Waals surface area contributed by atoms with Crippen LogP contribution in [-0.4, -0.2) is 32.0 Å². The Balaban J connectivity index is 2.75. The molecule has 1 aromatic rings. The second-order valence-electron chi connectivity index (χ2n) is 4.07. The van der Waals surface area contributed by atoms with Crippen molar-refractivity contribution in [2.24, 2.45) is 0 Å². The van der Waals surface area contributed by atoms with Crippen molar-refractivity contribution in [2.75, 3.05) is 13.7 Å². The van der Waals surface area contributed by atoms with E-state index >= 15 is 0 Å².